The van der Waals surface area contributed by atoms with Gasteiger partial charge in [0.2, 0.25) is 0 Å². The summed E-state index contributed by atoms with van der Waals surface area (Å²) in [5, 5.41) is 7.23. The van der Waals surface area contributed by atoms with Crippen LogP contribution in [-0.2, 0) is 4.84 Å². The maximum absolute atomic E-state index is 13.2. The predicted octanol–water partition coefficient (Wildman–Crippen LogP) is 2.21. The summed E-state index contributed by atoms with van der Waals surface area (Å²) in [6.45, 7) is 6.99. The smallest absolute Gasteiger partial charge is 0.254 e. The summed E-state index contributed by atoms with van der Waals surface area (Å²) >= 11 is 0. The van der Waals surface area contributed by atoms with Gasteiger partial charge in [-0.15, -0.1) is 0 Å². The van der Waals surface area contributed by atoms with Crippen molar-refractivity contribution in [2.75, 3.05) is 33.3 Å². The molecule has 0 atom stereocenters. The summed E-state index contributed by atoms with van der Waals surface area (Å²) in [6, 6.07) is 2.21. The van der Waals surface area contributed by atoms with E-state index >= 15 is 0 Å². The minimum atomic E-state index is 0.0772. The number of nitrogens with zero attached hydrogens (tertiary/aromatic N) is 5. The van der Waals surface area contributed by atoms with Crippen molar-refractivity contribution in [3.05, 3.63) is 23.5 Å². The first-order chi connectivity index (χ1) is 12.1. The van der Waals surface area contributed by atoms with Gasteiger partial charge in [-0.3, -0.25) is 4.79 Å². The quantitative estimate of drug-likeness (QED) is 0.852. The lowest BCUT2D eigenvalue weighted by Crippen LogP contribution is -2.48. The maximum atomic E-state index is 13.2. The van der Waals surface area contributed by atoms with Crippen LogP contribution in [0.2, 0.25) is 0 Å². The lowest BCUT2D eigenvalue weighted by Gasteiger charge is -2.33. The van der Waals surface area contributed by atoms with Crippen molar-refractivity contribution >= 4 is 16.9 Å². The molecule has 0 spiro atoms. The Bertz CT molecular complexity index is 788. The summed E-state index contributed by atoms with van der Waals surface area (Å²) in [4.78, 5) is 25.2. The number of hydrogen-bond donors (Lipinski definition) is 0. The lowest BCUT2D eigenvalue weighted by atomic mass is 10.1. The fourth-order valence-corrected chi connectivity index (χ4v) is 3.42. The van der Waals surface area contributed by atoms with E-state index in [4.69, 9.17) is 9.82 Å². The van der Waals surface area contributed by atoms with Gasteiger partial charge in [-0.05, 0) is 32.8 Å². The highest BCUT2D eigenvalue weighted by atomic mass is 16.7. The number of hydrogen-bond acceptors (Lipinski definition) is 5. The van der Waals surface area contributed by atoms with Gasteiger partial charge in [-0.2, -0.15) is 10.2 Å². The molecule has 2 aromatic heterocycles. The van der Waals surface area contributed by atoms with Crippen LogP contribution in [0, 0.1) is 0 Å². The number of piperazine rings is 1. The molecule has 1 amide bonds. The van der Waals surface area contributed by atoms with Crippen LogP contribution >= 0.6 is 0 Å². The molecule has 1 aliphatic carbocycles. The Hall–Kier alpha value is -1.99. The molecular weight excluding hydrogens is 318 g/mol. The van der Waals surface area contributed by atoms with Gasteiger partial charge in [-0.25, -0.2) is 9.67 Å². The number of amides is 1. The summed E-state index contributed by atoms with van der Waals surface area (Å²) < 4.78 is 1.92. The number of aromatic nitrogens is 3. The highest BCUT2D eigenvalue weighted by molar-refractivity contribution is 6.05. The third-order valence-electron chi connectivity index (χ3n) is 5.09. The second kappa shape index (κ2) is 6.38. The maximum Gasteiger partial charge on any atom is 0.254 e. The topological polar surface area (TPSA) is 63.5 Å². The molecule has 1 saturated heterocycles. The van der Waals surface area contributed by atoms with E-state index in [-0.39, 0.29) is 11.9 Å². The average molecular weight is 343 g/mol. The Labute approximate surface area is 147 Å². The Kier molecular flexibility index (Phi) is 4.21. The van der Waals surface area contributed by atoms with Crippen molar-refractivity contribution in [3.8, 4) is 0 Å². The van der Waals surface area contributed by atoms with E-state index < -0.39 is 0 Å². The zero-order chi connectivity index (χ0) is 17.6. The van der Waals surface area contributed by atoms with E-state index in [1.807, 2.05) is 20.7 Å². The second-order valence-electron chi connectivity index (χ2n) is 7.19. The summed E-state index contributed by atoms with van der Waals surface area (Å²) in [5.74, 6) is 0.574. The Morgan fingerprint density at radius 3 is 2.56 bits per heavy atom. The monoisotopic (exact) mass is 343 g/mol. The molecule has 4 rings (SSSR count). The molecule has 1 saturated carbocycles. The van der Waals surface area contributed by atoms with E-state index in [0.717, 1.165) is 48.2 Å². The normalized spacial score (nSPS) is 19.1. The summed E-state index contributed by atoms with van der Waals surface area (Å²) in [5.41, 5.74) is 2.61. The molecular formula is C18H25N5O2. The van der Waals surface area contributed by atoms with Gasteiger partial charge < -0.3 is 9.74 Å². The standard InChI is InChI=1S/C18H25N5O2/c1-12(2)23-17-15(11-19-23)14(10-16(20-17)13-4-5-13)18(24)21-6-8-22(25-3)9-7-21/h10-13H,4-9H2,1-3H3. The summed E-state index contributed by atoms with van der Waals surface area (Å²) in [7, 11) is 1.67. The zero-order valence-electron chi connectivity index (χ0n) is 15.1. The van der Waals surface area contributed by atoms with Crippen molar-refractivity contribution < 1.29 is 9.63 Å². The van der Waals surface area contributed by atoms with Crippen LogP contribution in [-0.4, -0.2) is 63.9 Å². The fourth-order valence-electron chi connectivity index (χ4n) is 3.42. The van der Waals surface area contributed by atoms with Crippen molar-refractivity contribution in [1.29, 1.82) is 0 Å². The largest absolute Gasteiger partial charge is 0.336 e. The number of carbonyl (C=O) groups is 1. The predicted molar refractivity (Wildman–Crippen MR) is 94.4 cm³/mol. The van der Waals surface area contributed by atoms with Crippen LogP contribution in [0.4, 0.5) is 0 Å². The van der Waals surface area contributed by atoms with E-state index in [1.165, 1.54) is 0 Å². The molecule has 25 heavy (non-hydrogen) atoms. The Balaban J connectivity index is 1.71. The van der Waals surface area contributed by atoms with E-state index in [2.05, 4.69) is 18.9 Å². The molecule has 3 heterocycles. The fraction of sp³-hybridized carbons (Fsp3) is 0.611. The van der Waals surface area contributed by atoms with Crippen LogP contribution in [0.5, 0.6) is 0 Å². The number of fused-ring (bicyclic) bond motifs is 1. The second-order valence-corrected chi connectivity index (χ2v) is 7.19. The molecule has 0 N–H and O–H groups in total. The van der Waals surface area contributed by atoms with E-state index in [1.54, 1.807) is 13.3 Å². The van der Waals surface area contributed by atoms with Crippen molar-refractivity contribution in [3.63, 3.8) is 0 Å². The van der Waals surface area contributed by atoms with Gasteiger partial charge in [0.15, 0.2) is 5.65 Å². The molecule has 0 aromatic carbocycles. The molecule has 1 aliphatic heterocycles. The number of rotatable bonds is 4. The van der Waals surface area contributed by atoms with Gasteiger partial charge in [0, 0.05) is 43.8 Å². The van der Waals surface area contributed by atoms with Crippen LogP contribution in [0.3, 0.4) is 0 Å². The number of pyridine rings is 1. The molecule has 2 fully saturated rings. The van der Waals surface area contributed by atoms with Crippen LogP contribution in [0.25, 0.3) is 11.0 Å². The third-order valence-corrected chi connectivity index (χ3v) is 5.09. The molecule has 7 nitrogen and oxygen atoms in total. The first kappa shape index (κ1) is 16.5. The van der Waals surface area contributed by atoms with E-state index in [9.17, 15) is 4.79 Å². The highest BCUT2D eigenvalue weighted by Gasteiger charge is 2.30. The Morgan fingerprint density at radius 1 is 1.24 bits per heavy atom. The van der Waals surface area contributed by atoms with Crippen molar-refractivity contribution in [2.24, 2.45) is 0 Å². The molecule has 7 heteroatoms. The molecule has 0 radical (unpaired) electrons. The first-order valence-electron chi connectivity index (χ1n) is 9.05. The minimum absolute atomic E-state index is 0.0772. The molecule has 0 bridgehead atoms. The van der Waals surface area contributed by atoms with Crippen molar-refractivity contribution in [2.45, 2.75) is 38.6 Å². The van der Waals surface area contributed by atoms with Gasteiger partial charge in [0.25, 0.3) is 5.91 Å². The average Bonchev–Trinajstić information content (AvgIpc) is 3.39. The van der Waals surface area contributed by atoms with Gasteiger partial charge >= 0.3 is 0 Å². The third kappa shape index (κ3) is 3.02. The minimum Gasteiger partial charge on any atom is -0.336 e. The molecule has 134 valence electrons. The lowest BCUT2D eigenvalue weighted by molar-refractivity contribution is -0.147. The summed E-state index contributed by atoms with van der Waals surface area (Å²) in [6.07, 6.45) is 4.11. The van der Waals surface area contributed by atoms with Gasteiger partial charge in [0.1, 0.15) is 0 Å². The van der Waals surface area contributed by atoms with Crippen molar-refractivity contribution in [1.82, 2.24) is 24.7 Å². The molecule has 2 aliphatic rings. The van der Waals surface area contributed by atoms with Crippen LogP contribution in [0.1, 0.15) is 54.7 Å². The zero-order valence-corrected chi connectivity index (χ0v) is 15.1. The molecule has 2 aromatic rings. The van der Waals surface area contributed by atoms with E-state index in [0.29, 0.717) is 19.0 Å². The number of hydroxylamine groups is 2. The van der Waals surface area contributed by atoms with Crippen LogP contribution in [0.15, 0.2) is 12.3 Å². The molecule has 0 unspecified atom stereocenters. The first-order valence-corrected chi connectivity index (χ1v) is 9.05. The Morgan fingerprint density at radius 2 is 1.96 bits per heavy atom. The van der Waals surface area contributed by atoms with Gasteiger partial charge in [-0.1, -0.05) is 0 Å². The number of carbonyl (C=O) groups excluding carboxylic acids is 1. The highest BCUT2D eigenvalue weighted by Crippen LogP contribution is 2.40. The van der Waals surface area contributed by atoms with Gasteiger partial charge in [0.05, 0.1) is 24.3 Å². The van der Waals surface area contributed by atoms with Crippen LogP contribution < -0.4 is 0 Å². The SMILES string of the molecule is CON1CCN(C(=O)c2cc(C3CC3)nc3c2cnn3C(C)C)CC1.